The number of carbonyl (C=O) groups is 2. The van der Waals surface area contributed by atoms with Crippen molar-refractivity contribution in [2.24, 2.45) is 0 Å². The summed E-state index contributed by atoms with van der Waals surface area (Å²) >= 11 is 1.36. The first-order valence-corrected chi connectivity index (χ1v) is 9.86. The summed E-state index contributed by atoms with van der Waals surface area (Å²) < 4.78 is 5.99. The van der Waals surface area contributed by atoms with Crippen molar-refractivity contribution in [3.8, 4) is 0 Å². The molecule has 2 amide bonds. The number of furan rings is 1. The molecular formula is C20H21N3O3S. The molecule has 4 rings (SSSR count). The van der Waals surface area contributed by atoms with E-state index in [0.29, 0.717) is 23.9 Å². The van der Waals surface area contributed by atoms with Gasteiger partial charge >= 0.3 is 0 Å². The lowest BCUT2D eigenvalue weighted by atomic mass is 10.0. The molecule has 1 aromatic carbocycles. The zero-order chi connectivity index (χ0) is 19.1. The molecule has 3 heterocycles. The first-order valence-electron chi connectivity index (χ1n) is 8.98. The van der Waals surface area contributed by atoms with Crippen LogP contribution in [0.2, 0.25) is 0 Å². The van der Waals surface area contributed by atoms with Gasteiger partial charge < -0.3 is 14.6 Å². The molecule has 0 aliphatic carbocycles. The Morgan fingerprint density at radius 3 is 2.74 bits per heavy atom. The number of aromatic nitrogens is 1. The first kappa shape index (κ1) is 17.7. The lowest BCUT2D eigenvalue weighted by Crippen LogP contribution is -2.43. The van der Waals surface area contributed by atoms with Gasteiger partial charge in [-0.2, -0.15) is 0 Å². The summed E-state index contributed by atoms with van der Waals surface area (Å²) in [5, 5.41) is 6.14. The molecule has 1 unspecified atom stereocenters. The second-order valence-corrected chi connectivity index (χ2v) is 7.84. The van der Waals surface area contributed by atoms with Crippen LogP contribution in [-0.4, -0.2) is 34.3 Å². The van der Waals surface area contributed by atoms with Gasteiger partial charge in [-0.3, -0.25) is 9.59 Å². The average molecular weight is 383 g/mol. The number of amides is 2. The molecule has 27 heavy (non-hydrogen) atoms. The predicted octanol–water partition coefficient (Wildman–Crippen LogP) is 4.06. The standard InChI is InChI=1S/C20H21N3O3S/c1-11-6-7-12(2)16-15(11)13(3)17(26-16)19(25)23-9-4-5-14(23)18(24)22-20-21-8-10-27-20/h6-8,10,14H,4-5,9H2,1-3H3,(H,21,22,24). The third-order valence-electron chi connectivity index (χ3n) is 5.16. The topological polar surface area (TPSA) is 75.4 Å². The van der Waals surface area contributed by atoms with Crippen LogP contribution in [0.1, 0.15) is 40.1 Å². The fourth-order valence-corrected chi connectivity index (χ4v) is 4.30. The molecule has 1 aliphatic rings. The highest BCUT2D eigenvalue weighted by Crippen LogP contribution is 2.32. The van der Waals surface area contributed by atoms with Crippen LogP contribution in [0.5, 0.6) is 0 Å². The number of nitrogens with zero attached hydrogens (tertiary/aromatic N) is 2. The molecular weight excluding hydrogens is 362 g/mol. The third kappa shape index (κ3) is 3.02. The van der Waals surface area contributed by atoms with Crippen LogP contribution in [0.3, 0.4) is 0 Å². The van der Waals surface area contributed by atoms with E-state index in [1.807, 2.05) is 32.9 Å². The molecule has 1 saturated heterocycles. The summed E-state index contributed by atoms with van der Waals surface area (Å²) in [5.74, 6) is -0.0902. The molecule has 140 valence electrons. The maximum atomic E-state index is 13.2. The van der Waals surface area contributed by atoms with Gasteiger partial charge in [0.1, 0.15) is 11.6 Å². The zero-order valence-corrected chi connectivity index (χ0v) is 16.4. The van der Waals surface area contributed by atoms with Gasteiger partial charge in [0.15, 0.2) is 10.9 Å². The number of hydrogen-bond acceptors (Lipinski definition) is 5. The molecule has 7 heteroatoms. The Morgan fingerprint density at radius 1 is 1.26 bits per heavy atom. The van der Waals surface area contributed by atoms with E-state index in [4.69, 9.17) is 4.42 Å². The van der Waals surface area contributed by atoms with Gasteiger partial charge in [-0.1, -0.05) is 12.1 Å². The van der Waals surface area contributed by atoms with E-state index in [-0.39, 0.29) is 11.8 Å². The van der Waals surface area contributed by atoms with Crippen LogP contribution < -0.4 is 5.32 Å². The van der Waals surface area contributed by atoms with Gasteiger partial charge in [0.05, 0.1) is 0 Å². The van der Waals surface area contributed by atoms with Crippen LogP contribution >= 0.6 is 11.3 Å². The normalized spacial score (nSPS) is 16.9. The number of nitrogens with one attached hydrogen (secondary N) is 1. The molecule has 0 radical (unpaired) electrons. The number of likely N-dealkylation sites (tertiary alicyclic amines) is 1. The number of benzene rings is 1. The van der Waals surface area contributed by atoms with Gasteiger partial charge in [0.2, 0.25) is 5.91 Å². The van der Waals surface area contributed by atoms with Gasteiger partial charge in [-0.15, -0.1) is 11.3 Å². The molecule has 0 saturated carbocycles. The van der Waals surface area contributed by atoms with Crippen molar-refractivity contribution in [1.82, 2.24) is 9.88 Å². The smallest absolute Gasteiger partial charge is 0.290 e. The van der Waals surface area contributed by atoms with Crippen LogP contribution in [0.25, 0.3) is 11.0 Å². The number of hydrogen-bond donors (Lipinski definition) is 1. The Hall–Kier alpha value is -2.67. The van der Waals surface area contributed by atoms with E-state index in [9.17, 15) is 9.59 Å². The van der Waals surface area contributed by atoms with Crippen molar-refractivity contribution in [2.75, 3.05) is 11.9 Å². The Morgan fingerprint density at radius 2 is 2.04 bits per heavy atom. The van der Waals surface area contributed by atoms with Crippen LogP contribution in [0.4, 0.5) is 5.13 Å². The highest BCUT2D eigenvalue weighted by Gasteiger charge is 2.37. The number of aryl methyl sites for hydroxylation is 3. The summed E-state index contributed by atoms with van der Waals surface area (Å²) in [6.45, 7) is 6.44. The number of carbonyl (C=O) groups excluding carboxylic acids is 2. The maximum absolute atomic E-state index is 13.2. The summed E-state index contributed by atoms with van der Waals surface area (Å²) in [4.78, 5) is 31.6. The Bertz CT molecular complexity index is 1020. The summed E-state index contributed by atoms with van der Waals surface area (Å²) in [6, 6.07) is 3.53. The van der Waals surface area contributed by atoms with Crippen molar-refractivity contribution in [1.29, 1.82) is 0 Å². The Balaban J connectivity index is 1.65. The minimum Gasteiger partial charge on any atom is -0.450 e. The van der Waals surface area contributed by atoms with E-state index in [0.717, 1.165) is 34.1 Å². The lowest BCUT2D eigenvalue weighted by Gasteiger charge is -2.22. The second-order valence-electron chi connectivity index (χ2n) is 6.94. The van der Waals surface area contributed by atoms with Crippen molar-refractivity contribution < 1.29 is 14.0 Å². The SMILES string of the molecule is Cc1ccc(C)c2c(C)c(C(=O)N3CCCC3C(=O)Nc3nccs3)oc12. The van der Waals surface area contributed by atoms with Crippen LogP contribution in [0.15, 0.2) is 28.1 Å². The first-order chi connectivity index (χ1) is 13.0. The molecule has 1 N–H and O–H groups in total. The number of fused-ring (bicyclic) bond motifs is 1. The average Bonchev–Trinajstić information content (AvgIpc) is 3.37. The fraction of sp³-hybridized carbons (Fsp3) is 0.350. The highest BCUT2D eigenvalue weighted by molar-refractivity contribution is 7.13. The minimum absolute atomic E-state index is 0.197. The largest absolute Gasteiger partial charge is 0.450 e. The van der Waals surface area contributed by atoms with E-state index in [1.165, 1.54) is 11.3 Å². The monoisotopic (exact) mass is 383 g/mol. The molecule has 1 aliphatic heterocycles. The predicted molar refractivity (Wildman–Crippen MR) is 105 cm³/mol. The minimum atomic E-state index is -0.504. The number of thiazole rings is 1. The summed E-state index contributed by atoms with van der Waals surface area (Å²) in [6.07, 6.45) is 3.07. The summed E-state index contributed by atoms with van der Waals surface area (Å²) in [5.41, 5.74) is 3.66. The van der Waals surface area contributed by atoms with Gasteiger partial charge in [-0.25, -0.2) is 4.98 Å². The van der Waals surface area contributed by atoms with Gasteiger partial charge in [0.25, 0.3) is 5.91 Å². The molecule has 1 fully saturated rings. The van der Waals surface area contributed by atoms with Crippen molar-refractivity contribution in [3.05, 3.63) is 46.2 Å². The van der Waals surface area contributed by atoms with Crippen molar-refractivity contribution in [2.45, 2.75) is 39.7 Å². The van der Waals surface area contributed by atoms with E-state index >= 15 is 0 Å². The Labute approximate surface area is 161 Å². The molecule has 0 spiro atoms. The van der Waals surface area contributed by atoms with E-state index in [2.05, 4.69) is 10.3 Å². The van der Waals surface area contributed by atoms with E-state index < -0.39 is 6.04 Å². The maximum Gasteiger partial charge on any atom is 0.290 e. The van der Waals surface area contributed by atoms with Gasteiger partial charge in [-0.05, 0) is 44.7 Å². The summed E-state index contributed by atoms with van der Waals surface area (Å²) in [7, 11) is 0. The number of anilines is 1. The third-order valence-corrected chi connectivity index (χ3v) is 5.84. The molecule has 0 bridgehead atoms. The zero-order valence-electron chi connectivity index (χ0n) is 15.5. The number of rotatable bonds is 3. The Kier molecular flexibility index (Phi) is 4.47. The van der Waals surface area contributed by atoms with Gasteiger partial charge in [0, 0.05) is 29.1 Å². The van der Waals surface area contributed by atoms with Crippen molar-refractivity contribution in [3.63, 3.8) is 0 Å². The lowest BCUT2D eigenvalue weighted by molar-refractivity contribution is -0.119. The molecule has 2 aromatic heterocycles. The highest BCUT2D eigenvalue weighted by atomic mass is 32.1. The van der Waals surface area contributed by atoms with Crippen molar-refractivity contribution >= 4 is 39.3 Å². The van der Waals surface area contributed by atoms with Crippen LogP contribution in [-0.2, 0) is 4.79 Å². The molecule has 1 atom stereocenters. The quantitative estimate of drug-likeness (QED) is 0.740. The fourth-order valence-electron chi connectivity index (χ4n) is 3.77. The second kappa shape index (κ2) is 6.81. The van der Waals surface area contributed by atoms with E-state index in [1.54, 1.807) is 16.5 Å². The van der Waals surface area contributed by atoms with Crippen LogP contribution in [0, 0.1) is 20.8 Å². The molecule has 6 nitrogen and oxygen atoms in total. The molecule has 3 aromatic rings.